The molecule has 4 rings (SSSR count). The lowest BCUT2D eigenvalue weighted by molar-refractivity contribution is -0.143. The average Bonchev–Trinajstić information content (AvgIpc) is 2.84. The van der Waals surface area contributed by atoms with Crippen LogP contribution in [-0.2, 0) is 12.4 Å². The lowest BCUT2D eigenvalue weighted by Gasteiger charge is -2.14. The Morgan fingerprint density at radius 2 is 1.06 bits per heavy atom. The SMILES string of the molecule is C=C(Sc1ccccc1N)c1ccc(-c2ccc(-c3cc(C(F)(F)F)cc(C(F)(F)F)c3)cc2)cc1. The number of thioether (sulfide) groups is 1. The molecule has 36 heavy (non-hydrogen) atoms. The van der Waals surface area contributed by atoms with Gasteiger partial charge >= 0.3 is 12.4 Å². The highest BCUT2D eigenvalue weighted by molar-refractivity contribution is 8.08. The number of nitrogen functional groups attached to an aromatic ring is 1. The maximum atomic E-state index is 13.2. The van der Waals surface area contributed by atoms with Crippen molar-refractivity contribution >= 4 is 22.4 Å². The molecule has 0 saturated carbocycles. The van der Waals surface area contributed by atoms with Crippen molar-refractivity contribution in [3.8, 4) is 22.3 Å². The van der Waals surface area contributed by atoms with Gasteiger partial charge in [0.2, 0.25) is 0 Å². The zero-order valence-corrected chi connectivity index (χ0v) is 19.4. The number of hydrogen-bond donors (Lipinski definition) is 1. The third-order valence-electron chi connectivity index (χ3n) is 5.50. The van der Waals surface area contributed by atoms with Crippen LogP contribution in [-0.4, -0.2) is 0 Å². The van der Waals surface area contributed by atoms with Gasteiger partial charge in [0.15, 0.2) is 0 Å². The predicted octanol–water partition coefficient (Wildman–Crippen LogP) is 9.40. The summed E-state index contributed by atoms with van der Waals surface area (Å²) in [5.74, 6) is 0. The largest absolute Gasteiger partial charge is 0.416 e. The van der Waals surface area contributed by atoms with Crippen molar-refractivity contribution in [2.24, 2.45) is 0 Å². The second-order valence-corrected chi connectivity index (χ2v) is 9.15. The van der Waals surface area contributed by atoms with E-state index in [1.165, 1.54) is 23.9 Å². The third-order valence-corrected chi connectivity index (χ3v) is 6.57. The van der Waals surface area contributed by atoms with Crippen LogP contribution in [0.4, 0.5) is 32.0 Å². The quantitative estimate of drug-likeness (QED) is 0.163. The first-order valence-corrected chi connectivity index (χ1v) is 11.5. The van der Waals surface area contributed by atoms with Gasteiger partial charge in [-0.25, -0.2) is 0 Å². The molecule has 0 amide bonds. The van der Waals surface area contributed by atoms with Crippen molar-refractivity contribution in [1.82, 2.24) is 0 Å². The van der Waals surface area contributed by atoms with E-state index in [0.717, 1.165) is 38.6 Å². The molecule has 4 aromatic rings. The summed E-state index contributed by atoms with van der Waals surface area (Å²) in [6, 6.07) is 22.9. The van der Waals surface area contributed by atoms with E-state index in [9.17, 15) is 26.3 Å². The Morgan fingerprint density at radius 1 is 0.611 bits per heavy atom. The first-order chi connectivity index (χ1) is 16.9. The van der Waals surface area contributed by atoms with E-state index < -0.39 is 23.5 Å². The van der Waals surface area contributed by atoms with Crippen LogP contribution in [0.1, 0.15) is 16.7 Å². The molecule has 2 N–H and O–H groups in total. The lowest BCUT2D eigenvalue weighted by Crippen LogP contribution is -2.11. The minimum absolute atomic E-state index is 0.123. The molecule has 0 fully saturated rings. The first kappa shape index (κ1) is 25.4. The molecule has 4 aromatic carbocycles. The predicted molar refractivity (Wildman–Crippen MR) is 133 cm³/mol. The summed E-state index contributed by atoms with van der Waals surface area (Å²) in [6.45, 7) is 4.10. The fourth-order valence-corrected chi connectivity index (χ4v) is 4.44. The van der Waals surface area contributed by atoms with Crippen molar-refractivity contribution in [2.75, 3.05) is 5.73 Å². The fraction of sp³-hybridized carbons (Fsp3) is 0.0714. The number of para-hydroxylation sites is 1. The average molecular weight is 516 g/mol. The van der Waals surface area contributed by atoms with Crippen LogP contribution in [0.5, 0.6) is 0 Å². The summed E-state index contributed by atoms with van der Waals surface area (Å²) >= 11 is 1.45. The van der Waals surface area contributed by atoms with E-state index in [2.05, 4.69) is 6.58 Å². The number of halogens is 6. The van der Waals surface area contributed by atoms with E-state index in [-0.39, 0.29) is 17.2 Å². The molecule has 0 atom stereocenters. The van der Waals surface area contributed by atoms with E-state index in [1.807, 2.05) is 48.5 Å². The summed E-state index contributed by atoms with van der Waals surface area (Å²) in [5.41, 5.74) is 6.53. The molecular formula is C28H19F6NS. The summed E-state index contributed by atoms with van der Waals surface area (Å²) in [6.07, 6.45) is -9.79. The van der Waals surface area contributed by atoms with Crippen LogP contribution in [0.25, 0.3) is 27.2 Å². The highest BCUT2D eigenvalue weighted by Crippen LogP contribution is 2.39. The number of rotatable bonds is 5. The van der Waals surface area contributed by atoms with Gasteiger partial charge in [-0.05, 0) is 58.1 Å². The highest BCUT2D eigenvalue weighted by atomic mass is 32.2. The zero-order valence-electron chi connectivity index (χ0n) is 18.6. The second kappa shape index (κ2) is 9.78. The smallest absolute Gasteiger partial charge is 0.398 e. The van der Waals surface area contributed by atoms with Crippen molar-refractivity contribution in [1.29, 1.82) is 0 Å². The van der Waals surface area contributed by atoms with Crippen molar-refractivity contribution in [3.63, 3.8) is 0 Å². The Labute approximate surface area is 208 Å². The Hall–Kier alpha value is -3.65. The number of alkyl halides is 6. The minimum atomic E-state index is -4.90. The summed E-state index contributed by atoms with van der Waals surface area (Å²) in [5, 5.41) is 0. The van der Waals surface area contributed by atoms with Crippen LogP contribution >= 0.6 is 11.8 Å². The third kappa shape index (κ3) is 5.76. The fourth-order valence-electron chi connectivity index (χ4n) is 3.59. The molecule has 184 valence electrons. The Morgan fingerprint density at radius 3 is 1.53 bits per heavy atom. The molecule has 0 unspecified atom stereocenters. The topological polar surface area (TPSA) is 26.0 Å². The molecular weight excluding hydrogens is 496 g/mol. The van der Waals surface area contributed by atoms with Gasteiger partial charge in [0.1, 0.15) is 0 Å². The van der Waals surface area contributed by atoms with Crippen LogP contribution in [0, 0.1) is 0 Å². The molecule has 0 heterocycles. The summed E-state index contributed by atoms with van der Waals surface area (Å²) in [7, 11) is 0. The maximum Gasteiger partial charge on any atom is 0.416 e. The van der Waals surface area contributed by atoms with E-state index in [0.29, 0.717) is 5.69 Å². The molecule has 0 aliphatic rings. The molecule has 1 nitrogen and oxygen atoms in total. The molecule has 0 aliphatic heterocycles. The Bertz CT molecular complexity index is 1360. The Balaban J connectivity index is 1.57. The summed E-state index contributed by atoms with van der Waals surface area (Å²) < 4.78 is 79.1. The standard InChI is InChI=1S/C28H19F6NS/c1-17(36-26-5-3-2-4-25(26)35)18-6-8-19(9-7-18)20-10-12-21(13-11-20)22-14-23(27(29,30)31)16-24(15-22)28(32,33)34/h2-16H,1,35H2. The van der Waals surface area contributed by atoms with Crippen molar-refractivity contribution < 1.29 is 26.3 Å². The van der Waals surface area contributed by atoms with Gasteiger partial charge in [0.05, 0.1) is 11.1 Å². The number of anilines is 1. The van der Waals surface area contributed by atoms with E-state index in [4.69, 9.17) is 5.73 Å². The molecule has 0 spiro atoms. The van der Waals surface area contributed by atoms with Gasteiger partial charge in [-0.2, -0.15) is 26.3 Å². The zero-order chi connectivity index (χ0) is 26.1. The van der Waals surface area contributed by atoms with Gasteiger partial charge in [-0.1, -0.05) is 79.0 Å². The van der Waals surface area contributed by atoms with Gasteiger partial charge in [0, 0.05) is 15.5 Å². The van der Waals surface area contributed by atoms with Crippen LogP contribution < -0.4 is 5.73 Å². The highest BCUT2D eigenvalue weighted by Gasteiger charge is 2.37. The van der Waals surface area contributed by atoms with Gasteiger partial charge in [0.25, 0.3) is 0 Å². The number of benzene rings is 4. The molecule has 8 heteroatoms. The van der Waals surface area contributed by atoms with Crippen molar-refractivity contribution in [2.45, 2.75) is 17.2 Å². The van der Waals surface area contributed by atoms with Gasteiger partial charge in [-0.3, -0.25) is 0 Å². The summed E-state index contributed by atoms with van der Waals surface area (Å²) in [4.78, 5) is 1.70. The number of hydrogen-bond acceptors (Lipinski definition) is 2. The van der Waals surface area contributed by atoms with Crippen LogP contribution in [0.2, 0.25) is 0 Å². The molecule has 0 radical (unpaired) electrons. The molecule has 0 bridgehead atoms. The minimum Gasteiger partial charge on any atom is -0.398 e. The van der Waals surface area contributed by atoms with Crippen LogP contribution in [0.3, 0.4) is 0 Å². The number of nitrogens with two attached hydrogens (primary N) is 1. The van der Waals surface area contributed by atoms with Gasteiger partial charge in [-0.15, -0.1) is 0 Å². The first-order valence-electron chi connectivity index (χ1n) is 10.6. The molecule has 0 aliphatic carbocycles. The van der Waals surface area contributed by atoms with Crippen LogP contribution in [0.15, 0.2) is 102 Å². The monoisotopic (exact) mass is 515 g/mol. The Kier molecular flexibility index (Phi) is 6.91. The maximum absolute atomic E-state index is 13.2. The van der Waals surface area contributed by atoms with E-state index >= 15 is 0 Å². The van der Waals surface area contributed by atoms with E-state index in [1.54, 1.807) is 12.1 Å². The molecule has 0 aromatic heterocycles. The lowest BCUT2D eigenvalue weighted by atomic mass is 9.96. The molecule has 0 saturated heterocycles. The van der Waals surface area contributed by atoms with Crippen molar-refractivity contribution in [3.05, 3.63) is 114 Å². The normalized spacial score (nSPS) is 11.9. The second-order valence-electron chi connectivity index (χ2n) is 8.01. The van der Waals surface area contributed by atoms with Gasteiger partial charge < -0.3 is 5.73 Å².